The van der Waals surface area contributed by atoms with Gasteiger partial charge in [-0.05, 0) is 48.6 Å². The molecule has 0 aliphatic rings. The summed E-state index contributed by atoms with van der Waals surface area (Å²) in [5, 5.41) is 4.72. The number of pyridine rings is 1. The van der Waals surface area contributed by atoms with Crippen molar-refractivity contribution in [3.8, 4) is 5.75 Å². The summed E-state index contributed by atoms with van der Waals surface area (Å²) >= 11 is 0. The van der Waals surface area contributed by atoms with Crippen LogP contribution in [-0.2, 0) is 4.79 Å². The highest BCUT2D eigenvalue weighted by atomic mass is 16.5. The molecule has 0 saturated heterocycles. The van der Waals surface area contributed by atoms with Crippen LogP contribution in [0.1, 0.15) is 16.7 Å². The van der Waals surface area contributed by atoms with Gasteiger partial charge in [-0.15, -0.1) is 0 Å². The minimum atomic E-state index is -0.403. The molecule has 3 rings (SSSR count). The van der Waals surface area contributed by atoms with Crippen molar-refractivity contribution in [1.29, 1.82) is 0 Å². The summed E-state index contributed by atoms with van der Waals surface area (Å²) in [6.07, 6.45) is 1.32. The van der Waals surface area contributed by atoms with Crippen molar-refractivity contribution in [2.75, 3.05) is 6.61 Å². The molecule has 1 heterocycles. The maximum absolute atomic E-state index is 12.0. The molecule has 0 fully saturated rings. The van der Waals surface area contributed by atoms with E-state index in [1.54, 1.807) is 6.07 Å². The lowest BCUT2D eigenvalue weighted by Gasteiger charge is -2.09. The number of para-hydroxylation sites is 1. The molecule has 3 aromatic rings. The lowest BCUT2D eigenvalue weighted by Crippen LogP contribution is -2.25. The molecule has 2 N–H and O–H groups in total. The zero-order valence-corrected chi connectivity index (χ0v) is 14.6. The summed E-state index contributed by atoms with van der Waals surface area (Å²) in [7, 11) is 0. The Labute approximate surface area is 150 Å². The van der Waals surface area contributed by atoms with Crippen molar-refractivity contribution < 1.29 is 9.53 Å². The van der Waals surface area contributed by atoms with Gasteiger partial charge in [-0.2, -0.15) is 5.10 Å². The first-order chi connectivity index (χ1) is 12.5. The Kier molecular flexibility index (Phi) is 5.12. The quantitative estimate of drug-likeness (QED) is 0.549. The molecule has 0 spiro atoms. The lowest BCUT2D eigenvalue weighted by molar-refractivity contribution is -0.123. The zero-order chi connectivity index (χ0) is 18.5. The van der Waals surface area contributed by atoms with E-state index in [0.717, 1.165) is 22.0 Å². The fraction of sp³-hybridized carbons (Fsp3) is 0.150. The number of H-pyrrole nitrogens is 1. The Hall–Kier alpha value is -3.41. The Morgan fingerprint density at radius 1 is 1.19 bits per heavy atom. The first-order valence-corrected chi connectivity index (χ1v) is 8.17. The van der Waals surface area contributed by atoms with Crippen LogP contribution in [0.25, 0.3) is 10.9 Å². The number of aromatic nitrogens is 1. The third kappa shape index (κ3) is 3.97. The van der Waals surface area contributed by atoms with Gasteiger partial charge in [0.1, 0.15) is 5.75 Å². The van der Waals surface area contributed by atoms with E-state index in [-0.39, 0.29) is 12.2 Å². The van der Waals surface area contributed by atoms with Gasteiger partial charge in [0, 0.05) is 5.52 Å². The summed E-state index contributed by atoms with van der Waals surface area (Å²) in [6.45, 7) is 3.76. The van der Waals surface area contributed by atoms with Crippen molar-refractivity contribution in [1.82, 2.24) is 10.4 Å². The number of aromatic amines is 1. The first-order valence-electron chi connectivity index (χ1n) is 8.17. The summed E-state index contributed by atoms with van der Waals surface area (Å²) in [4.78, 5) is 26.6. The number of benzene rings is 2. The second-order valence-electron chi connectivity index (χ2n) is 5.92. The minimum Gasteiger partial charge on any atom is -0.483 e. The van der Waals surface area contributed by atoms with E-state index in [1.165, 1.54) is 6.21 Å². The Balaban J connectivity index is 1.61. The van der Waals surface area contributed by atoms with Crippen molar-refractivity contribution >= 4 is 23.0 Å². The van der Waals surface area contributed by atoms with E-state index < -0.39 is 5.91 Å². The number of ether oxygens (including phenoxy) is 1. The number of aryl methyl sites for hydroxylation is 1. The predicted octanol–water partition coefficient (Wildman–Crippen LogP) is 2.67. The van der Waals surface area contributed by atoms with Gasteiger partial charge in [-0.3, -0.25) is 9.59 Å². The number of hydrazone groups is 1. The van der Waals surface area contributed by atoms with Crippen LogP contribution in [0, 0.1) is 13.8 Å². The van der Waals surface area contributed by atoms with Crippen LogP contribution in [0.15, 0.2) is 58.4 Å². The van der Waals surface area contributed by atoms with Crippen LogP contribution in [0.2, 0.25) is 0 Å². The van der Waals surface area contributed by atoms with Crippen LogP contribution in [0.5, 0.6) is 5.75 Å². The number of hydrogen-bond donors (Lipinski definition) is 2. The lowest BCUT2D eigenvalue weighted by atomic mass is 10.1. The number of nitrogens with zero attached hydrogens (tertiary/aromatic N) is 1. The molecule has 132 valence electrons. The third-order valence-corrected chi connectivity index (χ3v) is 4.09. The maximum Gasteiger partial charge on any atom is 0.277 e. The van der Waals surface area contributed by atoms with Gasteiger partial charge >= 0.3 is 0 Å². The SMILES string of the molecule is Cc1cccc(OCC(=O)N/N=C/c2cc3ccccc3[nH]c2=O)c1C. The first kappa shape index (κ1) is 17.4. The summed E-state index contributed by atoms with van der Waals surface area (Å²) in [5.41, 5.74) is 5.29. The molecule has 6 heteroatoms. The van der Waals surface area contributed by atoms with Crippen molar-refractivity contribution in [3.05, 3.63) is 75.6 Å². The Morgan fingerprint density at radius 3 is 2.85 bits per heavy atom. The molecule has 1 aromatic heterocycles. The Morgan fingerprint density at radius 2 is 2.00 bits per heavy atom. The average Bonchev–Trinajstić information content (AvgIpc) is 2.63. The van der Waals surface area contributed by atoms with Gasteiger partial charge in [0.25, 0.3) is 11.5 Å². The molecule has 0 atom stereocenters. The molecule has 2 aromatic carbocycles. The van der Waals surface area contributed by atoms with E-state index in [0.29, 0.717) is 11.3 Å². The number of hydrogen-bond acceptors (Lipinski definition) is 4. The van der Waals surface area contributed by atoms with E-state index in [4.69, 9.17) is 4.74 Å². The van der Waals surface area contributed by atoms with Gasteiger partial charge in [0.2, 0.25) is 0 Å². The van der Waals surface area contributed by atoms with Crippen molar-refractivity contribution in [2.45, 2.75) is 13.8 Å². The van der Waals surface area contributed by atoms with Crippen LogP contribution in [0.4, 0.5) is 0 Å². The minimum absolute atomic E-state index is 0.157. The topological polar surface area (TPSA) is 83.5 Å². The van der Waals surface area contributed by atoms with Crippen molar-refractivity contribution in [3.63, 3.8) is 0 Å². The number of nitrogens with one attached hydrogen (secondary N) is 2. The summed E-state index contributed by atoms with van der Waals surface area (Å²) in [6, 6.07) is 14.8. The molecule has 0 bridgehead atoms. The molecule has 0 radical (unpaired) electrons. The highest BCUT2D eigenvalue weighted by molar-refractivity contribution is 5.88. The maximum atomic E-state index is 12.0. The van der Waals surface area contributed by atoms with E-state index in [9.17, 15) is 9.59 Å². The molecule has 0 aliphatic carbocycles. The third-order valence-electron chi connectivity index (χ3n) is 4.09. The number of amides is 1. The monoisotopic (exact) mass is 349 g/mol. The van der Waals surface area contributed by atoms with Crippen molar-refractivity contribution in [2.24, 2.45) is 5.10 Å². The van der Waals surface area contributed by atoms with Gasteiger partial charge in [0.15, 0.2) is 6.61 Å². The van der Waals surface area contributed by atoms with Crippen LogP contribution in [-0.4, -0.2) is 23.7 Å². The van der Waals surface area contributed by atoms with E-state index in [1.807, 2.05) is 56.3 Å². The second-order valence-corrected chi connectivity index (χ2v) is 5.92. The highest BCUT2D eigenvalue weighted by Crippen LogP contribution is 2.20. The fourth-order valence-electron chi connectivity index (χ4n) is 2.49. The van der Waals surface area contributed by atoms with Gasteiger partial charge < -0.3 is 9.72 Å². The number of fused-ring (bicyclic) bond motifs is 1. The average molecular weight is 349 g/mol. The highest BCUT2D eigenvalue weighted by Gasteiger charge is 2.05. The normalized spacial score (nSPS) is 11.0. The van der Waals surface area contributed by atoms with Crippen LogP contribution >= 0.6 is 0 Å². The van der Waals surface area contributed by atoms with Gasteiger partial charge in [0.05, 0.1) is 11.8 Å². The standard InChI is InChI=1S/C20H19N3O3/c1-13-6-5-9-18(14(13)2)26-12-19(24)23-21-11-16-10-15-7-3-4-8-17(15)22-20(16)25/h3-11H,12H2,1-2H3,(H,22,25)(H,23,24)/b21-11+. The second kappa shape index (κ2) is 7.65. The summed E-state index contributed by atoms with van der Waals surface area (Å²) < 4.78 is 5.51. The van der Waals surface area contributed by atoms with E-state index >= 15 is 0 Å². The van der Waals surface area contributed by atoms with Crippen LogP contribution in [0.3, 0.4) is 0 Å². The van der Waals surface area contributed by atoms with Gasteiger partial charge in [-0.1, -0.05) is 30.3 Å². The fourth-order valence-corrected chi connectivity index (χ4v) is 2.49. The molecular weight excluding hydrogens is 330 g/mol. The molecule has 26 heavy (non-hydrogen) atoms. The molecule has 0 saturated carbocycles. The molecule has 0 aliphatic heterocycles. The smallest absolute Gasteiger partial charge is 0.277 e. The summed E-state index contributed by atoms with van der Waals surface area (Å²) in [5.74, 6) is 0.259. The predicted molar refractivity (Wildman–Crippen MR) is 102 cm³/mol. The van der Waals surface area contributed by atoms with E-state index in [2.05, 4.69) is 15.5 Å². The van der Waals surface area contributed by atoms with Crippen LogP contribution < -0.4 is 15.7 Å². The Bertz CT molecular complexity index is 1040. The molecular formula is C20H19N3O3. The molecule has 6 nitrogen and oxygen atoms in total. The molecule has 0 unspecified atom stereocenters. The molecule has 1 amide bonds. The zero-order valence-electron chi connectivity index (χ0n) is 14.6. The number of carbonyl (C=O) groups is 1. The number of carbonyl (C=O) groups excluding carboxylic acids is 1. The number of rotatable bonds is 5. The van der Waals surface area contributed by atoms with Gasteiger partial charge in [-0.25, -0.2) is 5.43 Å². The largest absolute Gasteiger partial charge is 0.483 e.